The Morgan fingerprint density at radius 1 is 1.32 bits per heavy atom. The topological polar surface area (TPSA) is 40.5 Å². The normalized spacial score (nSPS) is 33.5. The predicted molar refractivity (Wildman–Crippen MR) is 77.1 cm³/mol. The van der Waals surface area contributed by atoms with E-state index >= 15 is 0 Å². The molecule has 1 heterocycles. The molecule has 0 spiro atoms. The van der Waals surface area contributed by atoms with Crippen LogP contribution in [0.25, 0.3) is 0 Å². The van der Waals surface area contributed by atoms with Gasteiger partial charge in [0.25, 0.3) is 0 Å². The molecule has 19 heavy (non-hydrogen) atoms. The number of nitrogens with zero attached hydrogens (tertiary/aromatic N) is 1. The van der Waals surface area contributed by atoms with Gasteiger partial charge in [-0.2, -0.15) is 0 Å². The average Bonchev–Trinajstić information content (AvgIpc) is 2.87. The summed E-state index contributed by atoms with van der Waals surface area (Å²) in [4.78, 5) is 14.0. The van der Waals surface area contributed by atoms with Gasteiger partial charge in [0.2, 0.25) is 0 Å². The van der Waals surface area contributed by atoms with Gasteiger partial charge in [-0.25, -0.2) is 0 Å². The Balaban J connectivity index is 1.96. The molecule has 3 unspecified atom stereocenters. The van der Waals surface area contributed by atoms with Gasteiger partial charge in [-0.1, -0.05) is 13.3 Å². The Morgan fingerprint density at radius 2 is 2.05 bits per heavy atom. The first kappa shape index (κ1) is 14.8. The summed E-state index contributed by atoms with van der Waals surface area (Å²) in [5.41, 5.74) is -0.582. The third-order valence-corrected chi connectivity index (χ3v) is 5.63. The zero-order valence-corrected chi connectivity index (χ0v) is 12.7. The fourth-order valence-corrected chi connectivity index (χ4v) is 3.85. The molecule has 0 aromatic heterocycles. The maximum atomic E-state index is 11.4. The molecular weight excluding hydrogens is 238 g/mol. The van der Waals surface area contributed by atoms with Crippen LogP contribution < -0.4 is 0 Å². The number of hydrogen-bond acceptors (Lipinski definition) is 2. The van der Waals surface area contributed by atoms with Crippen LogP contribution in [0.2, 0.25) is 0 Å². The van der Waals surface area contributed by atoms with Crippen LogP contribution in [0.4, 0.5) is 0 Å². The SMILES string of the molecule is CCC1CCC(N2CCCC(C(C)(C)C(=O)O)C2)C1. The lowest BCUT2D eigenvalue weighted by molar-refractivity contribution is -0.151. The Bertz CT molecular complexity index is 327. The number of carboxylic acids is 1. The summed E-state index contributed by atoms with van der Waals surface area (Å²) in [5, 5.41) is 9.41. The summed E-state index contributed by atoms with van der Waals surface area (Å²) < 4.78 is 0. The van der Waals surface area contributed by atoms with E-state index in [0.717, 1.165) is 31.3 Å². The number of rotatable bonds is 4. The van der Waals surface area contributed by atoms with Gasteiger partial charge in [0.1, 0.15) is 0 Å². The largest absolute Gasteiger partial charge is 0.481 e. The molecule has 1 aliphatic carbocycles. The molecule has 0 bridgehead atoms. The van der Waals surface area contributed by atoms with E-state index in [-0.39, 0.29) is 0 Å². The van der Waals surface area contributed by atoms with Crippen LogP contribution in [0.15, 0.2) is 0 Å². The van der Waals surface area contributed by atoms with Crippen LogP contribution in [0.5, 0.6) is 0 Å². The van der Waals surface area contributed by atoms with Crippen molar-refractivity contribution in [2.75, 3.05) is 13.1 Å². The highest BCUT2D eigenvalue weighted by molar-refractivity contribution is 5.74. The van der Waals surface area contributed by atoms with Gasteiger partial charge in [0.05, 0.1) is 5.41 Å². The van der Waals surface area contributed by atoms with E-state index in [1.807, 2.05) is 13.8 Å². The van der Waals surface area contributed by atoms with Crippen LogP contribution in [-0.2, 0) is 4.79 Å². The van der Waals surface area contributed by atoms with Crippen molar-refractivity contribution in [3.8, 4) is 0 Å². The van der Waals surface area contributed by atoms with Gasteiger partial charge >= 0.3 is 5.97 Å². The zero-order valence-electron chi connectivity index (χ0n) is 12.7. The second-order valence-corrected chi connectivity index (χ2v) is 7.10. The van der Waals surface area contributed by atoms with Crippen molar-refractivity contribution in [1.82, 2.24) is 4.90 Å². The van der Waals surface area contributed by atoms with Gasteiger partial charge < -0.3 is 10.0 Å². The molecule has 2 rings (SSSR count). The van der Waals surface area contributed by atoms with Crippen LogP contribution in [-0.4, -0.2) is 35.1 Å². The number of piperidine rings is 1. The molecule has 1 saturated carbocycles. The maximum Gasteiger partial charge on any atom is 0.309 e. The highest BCUT2D eigenvalue weighted by atomic mass is 16.4. The lowest BCUT2D eigenvalue weighted by atomic mass is 9.74. The van der Waals surface area contributed by atoms with E-state index in [0.29, 0.717) is 5.92 Å². The van der Waals surface area contributed by atoms with Crippen molar-refractivity contribution < 1.29 is 9.90 Å². The highest BCUT2D eigenvalue weighted by Crippen LogP contribution is 2.38. The van der Waals surface area contributed by atoms with Crippen LogP contribution in [0.1, 0.15) is 59.3 Å². The summed E-state index contributed by atoms with van der Waals surface area (Å²) in [5.74, 6) is 0.564. The first-order chi connectivity index (χ1) is 8.95. The standard InChI is InChI=1S/C16H29NO2/c1-4-12-7-8-14(10-12)17-9-5-6-13(11-17)16(2,3)15(18)19/h12-14H,4-11H2,1-3H3,(H,18,19). The minimum absolute atomic E-state index is 0.305. The minimum Gasteiger partial charge on any atom is -0.481 e. The van der Waals surface area contributed by atoms with Crippen molar-refractivity contribution >= 4 is 5.97 Å². The number of aliphatic carboxylic acids is 1. The average molecular weight is 267 g/mol. The van der Waals surface area contributed by atoms with Crippen LogP contribution in [0.3, 0.4) is 0 Å². The van der Waals surface area contributed by atoms with Crippen molar-refractivity contribution in [2.45, 2.75) is 65.3 Å². The molecule has 3 nitrogen and oxygen atoms in total. The Morgan fingerprint density at radius 3 is 2.63 bits per heavy atom. The highest BCUT2D eigenvalue weighted by Gasteiger charge is 2.41. The number of hydrogen-bond donors (Lipinski definition) is 1. The van der Waals surface area contributed by atoms with Gasteiger partial charge in [-0.05, 0) is 64.3 Å². The Labute approximate surface area is 117 Å². The third-order valence-electron chi connectivity index (χ3n) is 5.63. The first-order valence-electron chi connectivity index (χ1n) is 7.92. The summed E-state index contributed by atoms with van der Waals surface area (Å²) in [7, 11) is 0. The van der Waals surface area contributed by atoms with Crippen LogP contribution in [0, 0.1) is 17.3 Å². The summed E-state index contributed by atoms with van der Waals surface area (Å²) >= 11 is 0. The van der Waals surface area contributed by atoms with E-state index in [1.54, 1.807) is 0 Å². The van der Waals surface area contributed by atoms with Crippen molar-refractivity contribution in [2.24, 2.45) is 17.3 Å². The maximum absolute atomic E-state index is 11.4. The van der Waals surface area contributed by atoms with Crippen molar-refractivity contribution in [3.05, 3.63) is 0 Å². The van der Waals surface area contributed by atoms with E-state index < -0.39 is 11.4 Å². The molecule has 0 radical (unpaired) electrons. The smallest absolute Gasteiger partial charge is 0.309 e. The summed E-state index contributed by atoms with van der Waals surface area (Å²) in [6.07, 6.45) is 7.54. The van der Waals surface area contributed by atoms with Crippen LogP contribution >= 0.6 is 0 Å². The molecule has 2 fully saturated rings. The van der Waals surface area contributed by atoms with E-state index in [1.165, 1.54) is 32.2 Å². The van der Waals surface area contributed by atoms with Gasteiger partial charge in [-0.15, -0.1) is 0 Å². The minimum atomic E-state index is -0.641. The molecular formula is C16H29NO2. The first-order valence-corrected chi connectivity index (χ1v) is 7.92. The van der Waals surface area contributed by atoms with E-state index in [9.17, 15) is 9.90 Å². The number of likely N-dealkylation sites (tertiary alicyclic amines) is 1. The Kier molecular flexibility index (Phi) is 4.54. The number of carboxylic acid groups (broad SMARTS) is 1. The number of carbonyl (C=O) groups is 1. The summed E-state index contributed by atoms with van der Waals surface area (Å²) in [6.45, 7) is 8.24. The molecule has 0 amide bonds. The molecule has 3 heteroatoms. The second kappa shape index (κ2) is 5.82. The van der Waals surface area contributed by atoms with Gasteiger partial charge in [0, 0.05) is 12.6 Å². The van der Waals surface area contributed by atoms with Gasteiger partial charge in [0.15, 0.2) is 0 Å². The Hall–Kier alpha value is -0.570. The van der Waals surface area contributed by atoms with E-state index in [2.05, 4.69) is 11.8 Å². The fraction of sp³-hybridized carbons (Fsp3) is 0.938. The molecule has 1 N–H and O–H groups in total. The second-order valence-electron chi connectivity index (χ2n) is 7.10. The quantitative estimate of drug-likeness (QED) is 0.849. The van der Waals surface area contributed by atoms with Gasteiger partial charge in [-0.3, -0.25) is 4.79 Å². The summed E-state index contributed by atoms with van der Waals surface area (Å²) in [6, 6.07) is 0.720. The van der Waals surface area contributed by atoms with Crippen molar-refractivity contribution in [3.63, 3.8) is 0 Å². The third kappa shape index (κ3) is 3.13. The van der Waals surface area contributed by atoms with Crippen molar-refractivity contribution in [1.29, 1.82) is 0 Å². The lowest BCUT2D eigenvalue weighted by Crippen LogP contribution is -2.47. The molecule has 1 saturated heterocycles. The monoisotopic (exact) mass is 267 g/mol. The molecule has 0 aromatic carbocycles. The fourth-order valence-electron chi connectivity index (χ4n) is 3.85. The molecule has 110 valence electrons. The zero-order chi connectivity index (χ0) is 14.0. The molecule has 1 aliphatic heterocycles. The van der Waals surface area contributed by atoms with E-state index in [4.69, 9.17) is 0 Å². The molecule has 2 aliphatic rings. The molecule has 0 aromatic rings. The molecule has 3 atom stereocenters. The lowest BCUT2D eigenvalue weighted by Gasteiger charge is -2.41. The predicted octanol–water partition coefficient (Wildman–Crippen LogP) is 3.39.